The van der Waals surface area contributed by atoms with E-state index in [2.05, 4.69) is 15.9 Å². The highest BCUT2D eigenvalue weighted by atomic mass is 79.9. The summed E-state index contributed by atoms with van der Waals surface area (Å²) in [7, 11) is 1.57. The maximum absolute atomic E-state index is 13.0. The van der Waals surface area contributed by atoms with Gasteiger partial charge in [-0.1, -0.05) is 59.3 Å². The minimum atomic E-state index is -0.189. The summed E-state index contributed by atoms with van der Waals surface area (Å²) in [4.78, 5) is 15.0. The lowest BCUT2D eigenvalue weighted by Gasteiger charge is -2.14. The molecule has 0 spiro atoms. The van der Waals surface area contributed by atoms with Crippen LogP contribution in [0.4, 0.5) is 5.69 Å². The molecule has 3 aromatic carbocycles. The van der Waals surface area contributed by atoms with Crippen molar-refractivity contribution in [2.24, 2.45) is 0 Å². The van der Waals surface area contributed by atoms with Gasteiger partial charge in [-0.2, -0.15) is 0 Å². The average molecular weight is 581 g/mol. The zero-order valence-corrected chi connectivity index (χ0v) is 21.9. The molecule has 0 aliphatic carbocycles. The van der Waals surface area contributed by atoms with E-state index in [0.717, 1.165) is 11.1 Å². The number of thioether (sulfide) groups is 1. The minimum Gasteiger partial charge on any atom is -0.493 e. The number of nitrogens with zero attached hydrogens (tertiary/aromatic N) is 1. The molecule has 1 fully saturated rings. The first kappa shape index (κ1) is 24.1. The first-order valence-corrected chi connectivity index (χ1v) is 12.4. The van der Waals surface area contributed by atoms with E-state index >= 15 is 0 Å². The Morgan fingerprint density at radius 1 is 1.06 bits per heavy atom. The smallest absolute Gasteiger partial charge is 0.270 e. The Balaban J connectivity index is 1.57. The number of carbonyl (C=O) groups excluding carboxylic acids is 1. The van der Waals surface area contributed by atoms with Crippen LogP contribution in [0.3, 0.4) is 0 Å². The minimum absolute atomic E-state index is 0.189. The third-order valence-electron chi connectivity index (χ3n) is 4.72. The molecule has 0 bridgehead atoms. The van der Waals surface area contributed by atoms with E-state index in [4.69, 9.17) is 44.9 Å². The Labute approximate surface area is 219 Å². The average Bonchev–Trinajstić information content (AvgIpc) is 3.07. The standard InChI is InChI=1S/C24H16BrCl2NO3S2/c1-30-20-11-15(10-19(25)22(20)31-13-14-2-4-16(26)5-3-14)12-21-23(29)28(24(32)33-21)18-8-6-17(27)7-9-18/h2-12H,13H2,1H3/b21-12-. The molecule has 0 aromatic heterocycles. The van der Waals surface area contributed by atoms with Gasteiger partial charge in [-0.3, -0.25) is 9.69 Å². The van der Waals surface area contributed by atoms with Crippen molar-refractivity contribution in [1.82, 2.24) is 0 Å². The van der Waals surface area contributed by atoms with Crippen LogP contribution in [-0.4, -0.2) is 17.3 Å². The zero-order chi connectivity index (χ0) is 23.5. The molecule has 0 N–H and O–H groups in total. The summed E-state index contributed by atoms with van der Waals surface area (Å²) in [6, 6.07) is 18.1. The molecular formula is C24H16BrCl2NO3S2. The topological polar surface area (TPSA) is 38.8 Å². The van der Waals surface area contributed by atoms with Crippen molar-refractivity contribution in [3.05, 3.63) is 91.2 Å². The predicted molar refractivity (Wildman–Crippen MR) is 144 cm³/mol. The van der Waals surface area contributed by atoms with Crippen molar-refractivity contribution in [2.45, 2.75) is 6.61 Å². The van der Waals surface area contributed by atoms with Gasteiger partial charge in [0, 0.05) is 10.0 Å². The van der Waals surface area contributed by atoms with Gasteiger partial charge in [-0.05, 0) is 81.7 Å². The summed E-state index contributed by atoms with van der Waals surface area (Å²) in [5, 5.41) is 1.26. The molecule has 0 unspecified atom stereocenters. The predicted octanol–water partition coefficient (Wildman–Crippen LogP) is 7.75. The van der Waals surface area contributed by atoms with Gasteiger partial charge in [-0.25, -0.2) is 0 Å². The fourth-order valence-electron chi connectivity index (χ4n) is 3.13. The first-order chi connectivity index (χ1) is 15.9. The Morgan fingerprint density at radius 2 is 1.70 bits per heavy atom. The van der Waals surface area contributed by atoms with Crippen molar-refractivity contribution in [1.29, 1.82) is 0 Å². The second-order valence-corrected chi connectivity index (χ2v) is 10.3. The number of carbonyl (C=O) groups is 1. The summed E-state index contributed by atoms with van der Waals surface area (Å²) < 4.78 is 12.7. The number of methoxy groups -OCH3 is 1. The molecule has 3 aromatic rings. The van der Waals surface area contributed by atoms with E-state index < -0.39 is 0 Å². The fraction of sp³-hybridized carbons (Fsp3) is 0.0833. The van der Waals surface area contributed by atoms with Gasteiger partial charge in [0.05, 0.1) is 22.2 Å². The molecule has 1 aliphatic heterocycles. The molecule has 0 atom stereocenters. The Bertz CT molecular complexity index is 1250. The van der Waals surface area contributed by atoms with Crippen molar-refractivity contribution >= 4 is 85.1 Å². The van der Waals surface area contributed by atoms with Gasteiger partial charge in [0.2, 0.25) is 0 Å². The van der Waals surface area contributed by atoms with Gasteiger partial charge in [0.25, 0.3) is 5.91 Å². The molecule has 1 aliphatic rings. The van der Waals surface area contributed by atoms with E-state index in [-0.39, 0.29) is 5.91 Å². The van der Waals surface area contributed by atoms with Crippen LogP contribution in [0.1, 0.15) is 11.1 Å². The molecule has 4 nitrogen and oxygen atoms in total. The van der Waals surface area contributed by atoms with E-state index in [1.165, 1.54) is 16.7 Å². The quantitative estimate of drug-likeness (QED) is 0.220. The highest BCUT2D eigenvalue weighted by molar-refractivity contribution is 9.10. The highest BCUT2D eigenvalue weighted by Gasteiger charge is 2.33. The first-order valence-electron chi connectivity index (χ1n) is 9.64. The summed E-state index contributed by atoms with van der Waals surface area (Å²) in [6.45, 7) is 0.352. The normalized spacial score (nSPS) is 14.8. The molecule has 33 heavy (non-hydrogen) atoms. The van der Waals surface area contributed by atoms with E-state index in [1.54, 1.807) is 37.5 Å². The molecule has 1 saturated heterocycles. The number of ether oxygens (including phenoxy) is 2. The van der Waals surface area contributed by atoms with Gasteiger partial charge in [0.1, 0.15) is 6.61 Å². The molecule has 4 rings (SSSR count). The summed E-state index contributed by atoms with van der Waals surface area (Å²) >= 11 is 22.2. The lowest BCUT2D eigenvalue weighted by atomic mass is 10.1. The Morgan fingerprint density at radius 3 is 2.33 bits per heavy atom. The zero-order valence-electron chi connectivity index (χ0n) is 17.2. The number of anilines is 1. The second kappa shape index (κ2) is 10.5. The number of hydrogen-bond acceptors (Lipinski definition) is 5. The van der Waals surface area contributed by atoms with Crippen LogP contribution >= 0.6 is 63.1 Å². The molecule has 1 heterocycles. The maximum Gasteiger partial charge on any atom is 0.270 e. The molecule has 9 heteroatoms. The van der Waals surface area contributed by atoms with E-state index in [0.29, 0.717) is 47.5 Å². The lowest BCUT2D eigenvalue weighted by molar-refractivity contribution is -0.113. The number of benzene rings is 3. The van der Waals surface area contributed by atoms with Crippen LogP contribution in [0.15, 0.2) is 70.0 Å². The van der Waals surface area contributed by atoms with Crippen LogP contribution in [0.2, 0.25) is 10.0 Å². The van der Waals surface area contributed by atoms with Crippen molar-refractivity contribution < 1.29 is 14.3 Å². The van der Waals surface area contributed by atoms with Crippen molar-refractivity contribution in [3.8, 4) is 11.5 Å². The van der Waals surface area contributed by atoms with Crippen LogP contribution in [0.5, 0.6) is 11.5 Å². The number of thiocarbonyl (C=S) groups is 1. The summed E-state index contributed by atoms with van der Waals surface area (Å²) in [6.07, 6.45) is 1.78. The van der Waals surface area contributed by atoms with Gasteiger partial charge in [-0.15, -0.1) is 0 Å². The van der Waals surface area contributed by atoms with Crippen LogP contribution < -0.4 is 14.4 Å². The van der Waals surface area contributed by atoms with Gasteiger partial charge >= 0.3 is 0 Å². The summed E-state index contributed by atoms with van der Waals surface area (Å²) in [5.74, 6) is 0.918. The molecule has 0 saturated carbocycles. The number of hydrogen-bond donors (Lipinski definition) is 0. The van der Waals surface area contributed by atoms with Gasteiger partial charge < -0.3 is 9.47 Å². The molecule has 1 amide bonds. The number of halogens is 3. The Hall–Kier alpha value is -2.03. The number of amides is 1. The SMILES string of the molecule is COc1cc(/C=C2\SC(=S)N(c3ccc(Cl)cc3)C2=O)cc(Br)c1OCc1ccc(Cl)cc1. The third kappa shape index (κ3) is 5.55. The monoisotopic (exact) mass is 579 g/mol. The van der Waals surface area contributed by atoms with Crippen molar-refractivity contribution in [3.63, 3.8) is 0 Å². The highest BCUT2D eigenvalue weighted by Crippen LogP contribution is 2.40. The van der Waals surface area contributed by atoms with Crippen molar-refractivity contribution in [2.75, 3.05) is 12.0 Å². The second-order valence-electron chi connectivity index (χ2n) is 6.94. The Kier molecular flexibility index (Phi) is 7.66. The summed E-state index contributed by atoms with van der Waals surface area (Å²) in [5.41, 5.74) is 2.42. The molecule has 168 valence electrons. The largest absolute Gasteiger partial charge is 0.493 e. The lowest BCUT2D eigenvalue weighted by Crippen LogP contribution is -2.27. The van der Waals surface area contributed by atoms with Gasteiger partial charge in [0.15, 0.2) is 15.8 Å². The maximum atomic E-state index is 13.0. The van der Waals surface area contributed by atoms with Crippen LogP contribution in [-0.2, 0) is 11.4 Å². The van der Waals surface area contributed by atoms with Crippen LogP contribution in [0.25, 0.3) is 6.08 Å². The van der Waals surface area contributed by atoms with E-state index in [1.807, 2.05) is 36.4 Å². The molecule has 0 radical (unpaired) electrons. The van der Waals surface area contributed by atoms with Crippen LogP contribution in [0, 0.1) is 0 Å². The fourth-order valence-corrected chi connectivity index (χ4v) is 5.26. The number of rotatable bonds is 6. The van der Waals surface area contributed by atoms with E-state index in [9.17, 15) is 4.79 Å². The third-order valence-corrected chi connectivity index (χ3v) is 7.12. The molecular weight excluding hydrogens is 565 g/mol.